The van der Waals surface area contributed by atoms with Crippen LogP contribution in [0.25, 0.3) is 0 Å². The molecule has 0 aromatic rings. The molecule has 0 fully saturated rings. The Hall–Kier alpha value is -1.31. The van der Waals surface area contributed by atoms with Crippen LogP contribution in [-0.2, 0) is 4.79 Å². The average molecular weight is 432 g/mol. The van der Waals surface area contributed by atoms with Gasteiger partial charge in [-0.05, 0) is 38.5 Å². The van der Waals surface area contributed by atoms with E-state index in [-0.39, 0.29) is 11.8 Å². The molecule has 0 aromatic heterocycles. The molecule has 180 valence electrons. The first-order valence-corrected chi connectivity index (χ1v) is 13.5. The number of primary amides is 1. The van der Waals surface area contributed by atoms with E-state index < -0.39 is 0 Å². The molecule has 0 bridgehead atoms. The molecule has 2 heteroatoms. The number of rotatable bonds is 23. The summed E-state index contributed by atoms with van der Waals surface area (Å²) in [6.45, 7) is 4.37. The minimum Gasteiger partial charge on any atom is -0.369 e. The summed E-state index contributed by atoms with van der Waals surface area (Å²) >= 11 is 0. The molecule has 0 saturated heterocycles. The highest BCUT2D eigenvalue weighted by molar-refractivity contribution is 5.76. The molecule has 0 heterocycles. The Morgan fingerprint density at radius 2 is 1.03 bits per heavy atom. The van der Waals surface area contributed by atoms with Crippen LogP contribution in [-0.4, -0.2) is 5.91 Å². The van der Waals surface area contributed by atoms with Crippen LogP contribution in [0.3, 0.4) is 0 Å². The van der Waals surface area contributed by atoms with Crippen LogP contribution in [0.15, 0.2) is 36.5 Å². The van der Waals surface area contributed by atoms with Crippen molar-refractivity contribution in [3.05, 3.63) is 36.5 Å². The Morgan fingerprint density at radius 3 is 1.48 bits per heavy atom. The van der Waals surface area contributed by atoms with Crippen molar-refractivity contribution in [2.45, 2.75) is 136 Å². The number of amides is 1. The van der Waals surface area contributed by atoms with Crippen molar-refractivity contribution in [3.8, 4) is 0 Å². The number of hydrogen-bond acceptors (Lipinski definition) is 1. The molecular formula is C29H53NO. The van der Waals surface area contributed by atoms with Crippen molar-refractivity contribution in [1.29, 1.82) is 0 Å². The number of nitrogens with two attached hydrogens (primary N) is 1. The van der Waals surface area contributed by atoms with Gasteiger partial charge < -0.3 is 5.73 Å². The second-order valence-corrected chi connectivity index (χ2v) is 9.09. The lowest BCUT2D eigenvalue weighted by Crippen LogP contribution is -2.23. The lowest BCUT2D eigenvalue weighted by molar-refractivity contribution is -0.122. The Morgan fingerprint density at radius 1 is 0.581 bits per heavy atom. The van der Waals surface area contributed by atoms with Crippen LogP contribution in [0.2, 0.25) is 0 Å². The summed E-state index contributed by atoms with van der Waals surface area (Å²) in [6.07, 6.45) is 37.3. The molecular weight excluding hydrogens is 378 g/mol. The average Bonchev–Trinajstić information content (AvgIpc) is 2.76. The predicted molar refractivity (Wildman–Crippen MR) is 139 cm³/mol. The zero-order valence-corrected chi connectivity index (χ0v) is 21.0. The molecule has 0 aliphatic carbocycles. The molecule has 0 aromatic carbocycles. The zero-order chi connectivity index (χ0) is 22.8. The monoisotopic (exact) mass is 431 g/mol. The molecule has 1 unspecified atom stereocenters. The topological polar surface area (TPSA) is 43.1 Å². The molecule has 0 aliphatic heterocycles. The third kappa shape index (κ3) is 23.2. The lowest BCUT2D eigenvalue weighted by Gasteiger charge is -2.11. The van der Waals surface area contributed by atoms with E-state index in [1.165, 1.54) is 96.3 Å². The van der Waals surface area contributed by atoms with E-state index in [4.69, 9.17) is 5.73 Å². The van der Waals surface area contributed by atoms with Crippen LogP contribution in [0.4, 0.5) is 0 Å². The largest absolute Gasteiger partial charge is 0.369 e. The van der Waals surface area contributed by atoms with Gasteiger partial charge in [0, 0.05) is 5.92 Å². The molecule has 0 spiro atoms. The summed E-state index contributed by atoms with van der Waals surface area (Å²) in [5.41, 5.74) is 5.47. The molecule has 0 aliphatic rings. The van der Waals surface area contributed by atoms with Crippen molar-refractivity contribution in [3.63, 3.8) is 0 Å². The summed E-state index contributed by atoms with van der Waals surface area (Å²) in [7, 11) is 0. The van der Waals surface area contributed by atoms with Gasteiger partial charge in [-0.2, -0.15) is 0 Å². The van der Waals surface area contributed by atoms with Crippen LogP contribution in [0, 0.1) is 5.92 Å². The number of hydrogen-bond donors (Lipinski definition) is 1. The van der Waals surface area contributed by atoms with E-state index in [9.17, 15) is 4.79 Å². The van der Waals surface area contributed by atoms with E-state index in [2.05, 4.69) is 50.3 Å². The van der Waals surface area contributed by atoms with E-state index in [1.807, 2.05) is 0 Å². The summed E-state index contributed by atoms with van der Waals surface area (Å²) < 4.78 is 0. The van der Waals surface area contributed by atoms with Crippen LogP contribution >= 0.6 is 0 Å². The van der Waals surface area contributed by atoms with Gasteiger partial charge in [-0.25, -0.2) is 0 Å². The molecule has 2 nitrogen and oxygen atoms in total. The lowest BCUT2D eigenvalue weighted by atomic mass is 9.95. The van der Waals surface area contributed by atoms with E-state index in [0.29, 0.717) is 0 Å². The standard InChI is InChI=1S/C29H53NO/c1-3-5-6-7-8-9-10-11-12-13-14-15-16-17-18-19-20-21-22-23-24-25-27-28(26-4-2)29(30)31/h8-13,28H,3-7,14-27H2,1-2H3,(H2,30,31). The predicted octanol–water partition coefficient (Wildman–Crippen LogP) is 9.21. The van der Waals surface area contributed by atoms with E-state index >= 15 is 0 Å². The van der Waals surface area contributed by atoms with Gasteiger partial charge in [0.25, 0.3) is 0 Å². The van der Waals surface area contributed by atoms with Gasteiger partial charge in [-0.15, -0.1) is 0 Å². The SMILES string of the molecule is CCCCCC=CC=CC=CCCCCCCCCCCCCCC(CCC)C(N)=O. The summed E-state index contributed by atoms with van der Waals surface area (Å²) in [6, 6.07) is 0. The minimum atomic E-state index is -0.101. The Kier molecular flexibility index (Phi) is 23.9. The number of carbonyl (C=O) groups is 1. The van der Waals surface area contributed by atoms with Crippen molar-refractivity contribution >= 4 is 5.91 Å². The smallest absolute Gasteiger partial charge is 0.220 e. The van der Waals surface area contributed by atoms with Gasteiger partial charge in [0.2, 0.25) is 5.91 Å². The Bertz CT molecular complexity index is 463. The van der Waals surface area contributed by atoms with Crippen molar-refractivity contribution in [2.75, 3.05) is 0 Å². The molecule has 1 amide bonds. The molecule has 0 rings (SSSR count). The molecule has 1 atom stereocenters. The third-order valence-electron chi connectivity index (χ3n) is 6.04. The third-order valence-corrected chi connectivity index (χ3v) is 6.04. The fourth-order valence-electron chi connectivity index (χ4n) is 4.01. The zero-order valence-electron chi connectivity index (χ0n) is 21.0. The highest BCUT2D eigenvalue weighted by Gasteiger charge is 2.12. The molecule has 31 heavy (non-hydrogen) atoms. The fourth-order valence-corrected chi connectivity index (χ4v) is 4.01. The first-order chi connectivity index (χ1) is 15.2. The number of carbonyl (C=O) groups excluding carboxylic acids is 1. The van der Waals surface area contributed by atoms with Gasteiger partial charge in [-0.3, -0.25) is 4.79 Å². The Balaban J connectivity index is 3.32. The number of allylic oxidation sites excluding steroid dienone is 6. The van der Waals surface area contributed by atoms with Gasteiger partial charge in [-0.1, -0.05) is 134 Å². The molecule has 0 radical (unpaired) electrons. The first-order valence-electron chi connectivity index (χ1n) is 13.5. The van der Waals surface area contributed by atoms with Crippen LogP contribution in [0.5, 0.6) is 0 Å². The summed E-state index contributed by atoms with van der Waals surface area (Å²) in [5.74, 6) is 0.00912. The van der Waals surface area contributed by atoms with E-state index in [0.717, 1.165) is 25.7 Å². The maximum atomic E-state index is 11.4. The second-order valence-electron chi connectivity index (χ2n) is 9.09. The van der Waals surface area contributed by atoms with E-state index in [1.54, 1.807) is 0 Å². The fraction of sp³-hybridized carbons (Fsp3) is 0.759. The van der Waals surface area contributed by atoms with Gasteiger partial charge in [0.15, 0.2) is 0 Å². The summed E-state index contributed by atoms with van der Waals surface area (Å²) in [4.78, 5) is 11.4. The molecule has 0 saturated carbocycles. The quantitative estimate of drug-likeness (QED) is 0.127. The van der Waals surface area contributed by atoms with Crippen molar-refractivity contribution in [2.24, 2.45) is 11.7 Å². The van der Waals surface area contributed by atoms with Gasteiger partial charge in [0.1, 0.15) is 0 Å². The maximum Gasteiger partial charge on any atom is 0.220 e. The highest BCUT2D eigenvalue weighted by Crippen LogP contribution is 2.17. The highest BCUT2D eigenvalue weighted by atomic mass is 16.1. The first kappa shape index (κ1) is 29.7. The molecule has 2 N–H and O–H groups in total. The minimum absolute atomic E-state index is 0.101. The second kappa shape index (κ2) is 25.0. The normalized spacial score (nSPS) is 13.1. The van der Waals surface area contributed by atoms with Crippen molar-refractivity contribution < 1.29 is 4.79 Å². The van der Waals surface area contributed by atoms with Gasteiger partial charge in [0.05, 0.1) is 0 Å². The van der Waals surface area contributed by atoms with Gasteiger partial charge >= 0.3 is 0 Å². The maximum absolute atomic E-state index is 11.4. The van der Waals surface area contributed by atoms with Crippen molar-refractivity contribution in [1.82, 2.24) is 0 Å². The summed E-state index contributed by atoms with van der Waals surface area (Å²) in [5, 5.41) is 0. The Labute approximate surface area is 194 Å². The van der Waals surface area contributed by atoms with Crippen LogP contribution in [0.1, 0.15) is 136 Å². The van der Waals surface area contributed by atoms with Crippen LogP contribution < -0.4 is 5.73 Å². The number of unbranched alkanes of at least 4 members (excludes halogenated alkanes) is 14.